The first-order valence-electron chi connectivity index (χ1n) is 3.72. The van der Waals surface area contributed by atoms with E-state index in [2.05, 4.69) is 0 Å². The zero-order chi connectivity index (χ0) is 8.97. The van der Waals surface area contributed by atoms with Crippen LogP contribution in [0.5, 0.6) is 0 Å². The summed E-state index contributed by atoms with van der Waals surface area (Å²) in [6, 6.07) is 3.49. The molecule has 12 heavy (non-hydrogen) atoms. The van der Waals surface area contributed by atoms with Crippen molar-refractivity contribution < 1.29 is 4.79 Å². The summed E-state index contributed by atoms with van der Waals surface area (Å²) in [6.07, 6.45) is 1.27. The number of ketones is 1. The summed E-state index contributed by atoms with van der Waals surface area (Å²) >= 11 is 7.00. The highest BCUT2D eigenvalue weighted by Crippen LogP contribution is 2.22. The van der Waals surface area contributed by atoms with Crippen molar-refractivity contribution in [2.24, 2.45) is 5.73 Å². The van der Waals surface area contributed by atoms with Gasteiger partial charge in [0.15, 0.2) is 5.78 Å². The Hall–Kier alpha value is -0.380. The Balaban J connectivity index is 2.53. The number of rotatable bonds is 4. The zero-order valence-electron chi connectivity index (χ0n) is 6.55. The van der Waals surface area contributed by atoms with E-state index in [0.717, 1.165) is 11.3 Å². The minimum atomic E-state index is 0.136. The fraction of sp³-hybridized carbons (Fsp3) is 0.375. The smallest absolute Gasteiger partial charge is 0.172 e. The number of Topliss-reactive ketones (excluding diaryl/α,β-unsaturated/α-hetero) is 1. The highest BCUT2D eigenvalue weighted by atomic mass is 35.5. The molecule has 0 amide bonds. The van der Waals surface area contributed by atoms with Gasteiger partial charge >= 0.3 is 0 Å². The van der Waals surface area contributed by atoms with Crippen LogP contribution in [0.25, 0.3) is 0 Å². The summed E-state index contributed by atoms with van der Waals surface area (Å²) in [5, 5.41) is 0. The summed E-state index contributed by atoms with van der Waals surface area (Å²) in [6.45, 7) is 0.560. The third kappa shape index (κ3) is 2.59. The number of carbonyl (C=O) groups is 1. The third-order valence-electron chi connectivity index (χ3n) is 1.46. The number of hydrogen-bond acceptors (Lipinski definition) is 3. The van der Waals surface area contributed by atoms with Crippen molar-refractivity contribution in [3.8, 4) is 0 Å². The lowest BCUT2D eigenvalue weighted by Crippen LogP contribution is -2.03. The lowest BCUT2D eigenvalue weighted by atomic mass is 10.2. The zero-order valence-corrected chi connectivity index (χ0v) is 8.12. The first-order valence-corrected chi connectivity index (χ1v) is 4.92. The molecule has 1 rings (SSSR count). The predicted molar refractivity (Wildman–Crippen MR) is 51.9 cm³/mol. The van der Waals surface area contributed by atoms with Gasteiger partial charge in [0, 0.05) is 6.42 Å². The van der Waals surface area contributed by atoms with Crippen molar-refractivity contribution in [1.82, 2.24) is 0 Å². The maximum Gasteiger partial charge on any atom is 0.172 e. The number of hydrogen-bond donors (Lipinski definition) is 1. The number of carbonyl (C=O) groups excluding carboxylic acids is 1. The van der Waals surface area contributed by atoms with Crippen LogP contribution in [-0.4, -0.2) is 12.3 Å². The molecule has 0 bridgehead atoms. The second kappa shape index (κ2) is 4.60. The standard InChI is InChI=1S/C8H10ClNOS/c9-8-4-3-7(12-8)6(11)2-1-5-10/h3-4H,1-2,5,10H2. The van der Waals surface area contributed by atoms with Crippen LogP contribution >= 0.6 is 22.9 Å². The Morgan fingerprint density at radius 1 is 1.58 bits per heavy atom. The van der Waals surface area contributed by atoms with Gasteiger partial charge in [-0.15, -0.1) is 11.3 Å². The predicted octanol–water partition coefficient (Wildman–Crippen LogP) is 2.32. The Bertz CT molecular complexity index is 272. The van der Waals surface area contributed by atoms with E-state index in [9.17, 15) is 4.79 Å². The van der Waals surface area contributed by atoms with E-state index in [1.165, 1.54) is 11.3 Å². The summed E-state index contributed by atoms with van der Waals surface area (Å²) in [7, 11) is 0. The SMILES string of the molecule is NCCCC(=O)c1ccc(Cl)s1. The fourth-order valence-corrected chi connectivity index (χ4v) is 1.86. The number of thiophene rings is 1. The highest BCUT2D eigenvalue weighted by molar-refractivity contribution is 7.18. The summed E-state index contributed by atoms with van der Waals surface area (Å²) in [5.41, 5.74) is 5.29. The third-order valence-corrected chi connectivity index (χ3v) is 2.73. The molecular weight excluding hydrogens is 194 g/mol. The second-order valence-electron chi connectivity index (χ2n) is 2.42. The monoisotopic (exact) mass is 203 g/mol. The van der Waals surface area contributed by atoms with E-state index < -0.39 is 0 Å². The van der Waals surface area contributed by atoms with Gasteiger partial charge < -0.3 is 5.73 Å². The molecule has 0 radical (unpaired) electrons. The maximum absolute atomic E-state index is 11.3. The molecule has 1 heterocycles. The van der Waals surface area contributed by atoms with Gasteiger partial charge in [-0.25, -0.2) is 0 Å². The highest BCUT2D eigenvalue weighted by Gasteiger charge is 2.07. The average molecular weight is 204 g/mol. The van der Waals surface area contributed by atoms with Crippen LogP contribution in [0.1, 0.15) is 22.5 Å². The number of halogens is 1. The molecule has 0 aliphatic rings. The first-order chi connectivity index (χ1) is 5.74. The maximum atomic E-state index is 11.3. The second-order valence-corrected chi connectivity index (χ2v) is 4.13. The van der Waals surface area contributed by atoms with Crippen molar-refractivity contribution in [2.75, 3.05) is 6.54 Å². The molecule has 0 saturated carbocycles. The largest absolute Gasteiger partial charge is 0.330 e. The molecule has 0 atom stereocenters. The van der Waals surface area contributed by atoms with Crippen LogP contribution in [-0.2, 0) is 0 Å². The van der Waals surface area contributed by atoms with Crippen LogP contribution in [0.3, 0.4) is 0 Å². The number of nitrogens with two attached hydrogens (primary N) is 1. The summed E-state index contributed by atoms with van der Waals surface area (Å²) in [4.78, 5) is 12.0. The Labute approximate surface area is 80.3 Å². The van der Waals surface area contributed by atoms with Gasteiger partial charge in [0.25, 0.3) is 0 Å². The molecular formula is C8H10ClNOS. The summed E-state index contributed by atoms with van der Waals surface area (Å²) in [5.74, 6) is 0.136. The van der Waals surface area contributed by atoms with Gasteiger partial charge in [-0.2, -0.15) is 0 Å². The quantitative estimate of drug-likeness (QED) is 0.764. The molecule has 0 spiro atoms. The summed E-state index contributed by atoms with van der Waals surface area (Å²) < 4.78 is 0.658. The van der Waals surface area contributed by atoms with Crippen LogP contribution in [0, 0.1) is 0 Å². The van der Waals surface area contributed by atoms with E-state index in [0.29, 0.717) is 17.3 Å². The van der Waals surface area contributed by atoms with Gasteiger partial charge in [-0.3, -0.25) is 4.79 Å². The van der Waals surface area contributed by atoms with Crippen molar-refractivity contribution in [3.63, 3.8) is 0 Å². The average Bonchev–Trinajstić information content (AvgIpc) is 2.47. The molecule has 2 nitrogen and oxygen atoms in total. The molecule has 0 aromatic carbocycles. The van der Waals surface area contributed by atoms with Gasteiger partial charge in [0.1, 0.15) is 0 Å². The van der Waals surface area contributed by atoms with Crippen LogP contribution in [0.2, 0.25) is 4.34 Å². The van der Waals surface area contributed by atoms with Crippen LogP contribution < -0.4 is 5.73 Å². The minimum Gasteiger partial charge on any atom is -0.330 e. The topological polar surface area (TPSA) is 43.1 Å². The lowest BCUT2D eigenvalue weighted by Gasteiger charge is -1.93. The van der Waals surface area contributed by atoms with Gasteiger partial charge in [-0.05, 0) is 25.1 Å². The molecule has 0 aliphatic heterocycles. The molecule has 1 aromatic heterocycles. The van der Waals surface area contributed by atoms with Crippen molar-refractivity contribution in [2.45, 2.75) is 12.8 Å². The lowest BCUT2D eigenvalue weighted by molar-refractivity contribution is 0.0984. The molecule has 4 heteroatoms. The normalized spacial score (nSPS) is 10.2. The molecule has 0 fully saturated rings. The van der Waals surface area contributed by atoms with E-state index in [1.54, 1.807) is 12.1 Å². The minimum absolute atomic E-state index is 0.136. The van der Waals surface area contributed by atoms with Crippen LogP contribution in [0.4, 0.5) is 0 Å². The van der Waals surface area contributed by atoms with E-state index in [-0.39, 0.29) is 5.78 Å². The molecule has 1 aromatic rings. The van der Waals surface area contributed by atoms with E-state index in [1.807, 2.05) is 0 Å². The van der Waals surface area contributed by atoms with E-state index in [4.69, 9.17) is 17.3 Å². The van der Waals surface area contributed by atoms with Gasteiger partial charge in [0.05, 0.1) is 9.21 Å². The Kier molecular flexibility index (Phi) is 3.72. The molecule has 66 valence electrons. The molecule has 0 unspecified atom stereocenters. The molecule has 2 N–H and O–H groups in total. The van der Waals surface area contributed by atoms with E-state index >= 15 is 0 Å². The van der Waals surface area contributed by atoms with Crippen molar-refractivity contribution >= 4 is 28.7 Å². The Morgan fingerprint density at radius 3 is 2.83 bits per heavy atom. The Morgan fingerprint density at radius 2 is 2.33 bits per heavy atom. The fourth-order valence-electron chi connectivity index (χ4n) is 0.850. The van der Waals surface area contributed by atoms with Gasteiger partial charge in [0.2, 0.25) is 0 Å². The van der Waals surface area contributed by atoms with Crippen LogP contribution in [0.15, 0.2) is 12.1 Å². The first kappa shape index (κ1) is 9.71. The van der Waals surface area contributed by atoms with Gasteiger partial charge in [-0.1, -0.05) is 11.6 Å². The van der Waals surface area contributed by atoms with Crippen molar-refractivity contribution in [1.29, 1.82) is 0 Å². The molecule has 0 aliphatic carbocycles. The molecule has 0 saturated heterocycles. The van der Waals surface area contributed by atoms with Crippen molar-refractivity contribution in [3.05, 3.63) is 21.3 Å².